The van der Waals surface area contributed by atoms with E-state index in [2.05, 4.69) is 5.32 Å². The molecule has 0 unspecified atom stereocenters. The number of rotatable bonds is 5. The fraction of sp³-hybridized carbons (Fsp3) is 0.533. The molecule has 1 aliphatic carbocycles. The Kier molecular flexibility index (Phi) is 5.61. The summed E-state index contributed by atoms with van der Waals surface area (Å²) >= 11 is 0. The number of benzene rings is 1. The third-order valence-corrected chi connectivity index (χ3v) is 4.83. The van der Waals surface area contributed by atoms with Crippen molar-refractivity contribution in [1.29, 1.82) is 0 Å². The van der Waals surface area contributed by atoms with Crippen molar-refractivity contribution < 1.29 is 22.2 Å². The van der Waals surface area contributed by atoms with Gasteiger partial charge in [0.05, 0.1) is 5.56 Å². The second-order valence-electron chi connectivity index (χ2n) is 5.48. The third-order valence-electron chi connectivity index (χ3n) is 3.59. The maximum atomic E-state index is 12.6. The van der Waals surface area contributed by atoms with Crippen LogP contribution in [0.1, 0.15) is 36.8 Å². The molecule has 1 fully saturated rings. The summed E-state index contributed by atoms with van der Waals surface area (Å²) in [7, 11) is -1.52. The Balaban J connectivity index is 1.87. The summed E-state index contributed by atoms with van der Waals surface area (Å²) in [6.07, 6.45) is -0.383. The van der Waals surface area contributed by atoms with Crippen LogP contribution in [0.2, 0.25) is 0 Å². The molecule has 0 saturated heterocycles. The summed E-state index contributed by atoms with van der Waals surface area (Å²) in [6.45, 7) is 0. The molecule has 1 saturated carbocycles. The van der Waals surface area contributed by atoms with Gasteiger partial charge in [-0.15, -0.1) is 0 Å². The van der Waals surface area contributed by atoms with Gasteiger partial charge >= 0.3 is 6.18 Å². The Morgan fingerprint density at radius 3 is 2.59 bits per heavy atom. The van der Waals surface area contributed by atoms with Crippen molar-refractivity contribution in [3.8, 4) is 0 Å². The van der Waals surface area contributed by atoms with Crippen molar-refractivity contribution >= 4 is 16.7 Å². The lowest BCUT2D eigenvalue weighted by atomic mass is 10.1. The number of hydrogen-bond acceptors (Lipinski definition) is 2. The van der Waals surface area contributed by atoms with E-state index >= 15 is 0 Å². The molecule has 0 spiro atoms. The van der Waals surface area contributed by atoms with Crippen LogP contribution >= 0.6 is 0 Å². The molecule has 0 radical (unpaired) electrons. The molecule has 0 bridgehead atoms. The highest BCUT2D eigenvalue weighted by molar-refractivity contribution is 7.84. The van der Waals surface area contributed by atoms with E-state index in [-0.39, 0.29) is 23.5 Å². The molecule has 0 heterocycles. The minimum atomic E-state index is -4.42. The molecule has 1 atom stereocenters. The van der Waals surface area contributed by atoms with Crippen LogP contribution in [0.3, 0.4) is 0 Å². The Morgan fingerprint density at radius 2 is 1.95 bits per heavy atom. The normalized spacial score (nSPS) is 17.4. The van der Waals surface area contributed by atoms with Crippen molar-refractivity contribution in [1.82, 2.24) is 5.32 Å². The van der Waals surface area contributed by atoms with Crippen LogP contribution in [-0.4, -0.2) is 21.9 Å². The molecule has 1 aromatic carbocycles. The Bertz CT molecular complexity index is 554. The fourth-order valence-corrected chi connectivity index (χ4v) is 3.59. The predicted molar refractivity (Wildman–Crippen MR) is 78.6 cm³/mol. The zero-order chi connectivity index (χ0) is 16.2. The highest BCUT2D eigenvalue weighted by atomic mass is 32.2. The van der Waals surface area contributed by atoms with Crippen molar-refractivity contribution in [2.45, 2.75) is 43.7 Å². The standard InChI is InChI=1S/C15H18F3NO2S/c16-15(17,18)12-5-3-4-11(8-12)9-22(21)10-14(20)19-13-6-1-2-7-13/h3-5,8,13H,1-2,6-7,9-10H2,(H,19,20)/t22-/m0/s1. The van der Waals surface area contributed by atoms with E-state index in [1.54, 1.807) is 0 Å². The number of halogens is 3. The summed E-state index contributed by atoms with van der Waals surface area (Å²) in [4.78, 5) is 11.7. The highest BCUT2D eigenvalue weighted by Gasteiger charge is 2.30. The molecule has 2 rings (SSSR count). The monoisotopic (exact) mass is 333 g/mol. The lowest BCUT2D eigenvalue weighted by Crippen LogP contribution is -2.35. The third kappa shape index (κ3) is 5.12. The minimum absolute atomic E-state index is 0.0536. The number of amides is 1. The van der Waals surface area contributed by atoms with Gasteiger partial charge in [-0.1, -0.05) is 31.0 Å². The molecule has 122 valence electrons. The molecular weight excluding hydrogens is 315 g/mol. The second-order valence-corrected chi connectivity index (χ2v) is 6.93. The van der Waals surface area contributed by atoms with Crippen LogP contribution in [0.4, 0.5) is 13.2 Å². The van der Waals surface area contributed by atoms with Crippen molar-refractivity contribution in [2.75, 3.05) is 5.75 Å². The molecule has 1 aliphatic rings. The van der Waals surface area contributed by atoms with Crippen molar-refractivity contribution in [2.24, 2.45) is 0 Å². The van der Waals surface area contributed by atoms with E-state index in [1.165, 1.54) is 12.1 Å². The number of carbonyl (C=O) groups is 1. The Hall–Kier alpha value is -1.37. The minimum Gasteiger partial charge on any atom is -0.353 e. The van der Waals surface area contributed by atoms with Crippen LogP contribution < -0.4 is 5.32 Å². The van der Waals surface area contributed by atoms with Gasteiger partial charge in [-0.2, -0.15) is 13.2 Å². The zero-order valence-electron chi connectivity index (χ0n) is 12.0. The van der Waals surface area contributed by atoms with E-state index in [4.69, 9.17) is 0 Å². The molecule has 7 heteroatoms. The SMILES string of the molecule is O=C(C[S@@](=O)Cc1cccc(C(F)(F)F)c1)NC1CCCC1. The molecule has 3 nitrogen and oxygen atoms in total. The largest absolute Gasteiger partial charge is 0.416 e. The average molecular weight is 333 g/mol. The van der Waals surface area contributed by atoms with Crippen molar-refractivity contribution in [3.63, 3.8) is 0 Å². The quantitative estimate of drug-likeness (QED) is 0.900. The summed E-state index contributed by atoms with van der Waals surface area (Å²) in [6, 6.07) is 4.88. The molecule has 1 amide bonds. The van der Waals surface area contributed by atoms with E-state index in [1.807, 2.05) is 0 Å². The fourth-order valence-electron chi connectivity index (χ4n) is 2.56. The van der Waals surface area contributed by atoms with Gasteiger partial charge in [-0.25, -0.2) is 0 Å². The molecule has 0 aromatic heterocycles. The maximum Gasteiger partial charge on any atom is 0.416 e. The number of hydrogen-bond donors (Lipinski definition) is 1. The number of nitrogens with one attached hydrogen (secondary N) is 1. The Morgan fingerprint density at radius 1 is 1.27 bits per heavy atom. The number of alkyl halides is 3. The predicted octanol–water partition coefficient (Wildman–Crippen LogP) is 3.01. The van der Waals surface area contributed by atoms with Crippen molar-refractivity contribution in [3.05, 3.63) is 35.4 Å². The van der Waals surface area contributed by atoms with E-state index in [0.29, 0.717) is 5.56 Å². The lowest BCUT2D eigenvalue weighted by Gasteiger charge is -2.12. The summed E-state index contributed by atoms with van der Waals surface area (Å²) < 4.78 is 49.7. The Labute approximate surface area is 129 Å². The maximum absolute atomic E-state index is 12.6. The molecular formula is C15H18F3NO2S. The molecule has 0 aliphatic heterocycles. The van der Waals surface area contributed by atoms with Crippen LogP contribution in [0.15, 0.2) is 24.3 Å². The van der Waals surface area contributed by atoms with E-state index in [9.17, 15) is 22.2 Å². The smallest absolute Gasteiger partial charge is 0.353 e. The van der Waals surface area contributed by atoms with Crippen LogP contribution in [0.25, 0.3) is 0 Å². The van der Waals surface area contributed by atoms with Gasteiger partial charge in [0.25, 0.3) is 0 Å². The summed E-state index contributed by atoms with van der Waals surface area (Å²) in [5.74, 6) is -0.522. The van der Waals surface area contributed by atoms with Gasteiger partial charge in [-0.3, -0.25) is 9.00 Å². The first-order chi connectivity index (χ1) is 10.3. The molecule has 1 aromatic rings. The zero-order valence-corrected chi connectivity index (χ0v) is 12.8. The van der Waals surface area contributed by atoms with Gasteiger partial charge in [0.15, 0.2) is 0 Å². The van der Waals surface area contributed by atoms with Gasteiger partial charge in [0, 0.05) is 22.6 Å². The lowest BCUT2D eigenvalue weighted by molar-refractivity contribution is -0.137. The first-order valence-electron chi connectivity index (χ1n) is 7.15. The van der Waals surface area contributed by atoms with Crippen LogP contribution in [0.5, 0.6) is 0 Å². The van der Waals surface area contributed by atoms with Gasteiger partial charge < -0.3 is 5.32 Å². The van der Waals surface area contributed by atoms with Gasteiger partial charge in [0.1, 0.15) is 5.75 Å². The average Bonchev–Trinajstić information content (AvgIpc) is 2.90. The molecule has 1 N–H and O–H groups in total. The first kappa shape index (κ1) is 17.0. The highest BCUT2D eigenvalue weighted by Crippen LogP contribution is 2.29. The van der Waals surface area contributed by atoms with Crippen LogP contribution in [-0.2, 0) is 27.5 Å². The van der Waals surface area contributed by atoms with Gasteiger partial charge in [0.2, 0.25) is 5.91 Å². The van der Waals surface area contributed by atoms with Crippen LogP contribution in [0, 0.1) is 0 Å². The summed E-state index contributed by atoms with van der Waals surface area (Å²) in [5, 5.41) is 2.82. The topological polar surface area (TPSA) is 46.2 Å². The first-order valence-corrected chi connectivity index (χ1v) is 8.64. The summed E-state index contributed by atoms with van der Waals surface area (Å²) in [5.41, 5.74) is -0.445. The van der Waals surface area contributed by atoms with E-state index in [0.717, 1.165) is 37.8 Å². The van der Waals surface area contributed by atoms with E-state index < -0.39 is 22.5 Å². The second kappa shape index (κ2) is 7.26. The van der Waals surface area contributed by atoms with Gasteiger partial charge in [-0.05, 0) is 24.5 Å². The number of carbonyl (C=O) groups excluding carboxylic acids is 1. The molecule has 22 heavy (non-hydrogen) atoms.